The van der Waals surface area contributed by atoms with Crippen LogP contribution in [0.2, 0.25) is 0 Å². The molecule has 1 amide bonds. The van der Waals surface area contributed by atoms with Gasteiger partial charge in [-0.25, -0.2) is 4.79 Å². The van der Waals surface area contributed by atoms with Crippen molar-refractivity contribution in [3.05, 3.63) is 53.1 Å². The van der Waals surface area contributed by atoms with Crippen molar-refractivity contribution in [2.75, 3.05) is 24.5 Å². The van der Waals surface area contributed by atoms with Crippen molar-refractivity contribution >= 4 is 11.8 Å². The summed E-state index contributed by atoms with van der Waals surface area (Å²) in [5.74, 6) is 0. The Morgan fingerprint density at radius 2 is 1.84 bits per heavy atom. The zero-order chi connectivity index (χ0) is 23.5. The molecule has 0 bridgehead atoms. The number of likely N-dealkylation sites (N-methyl/N-ethyl adjacent to an activating group) is 1. The fraction of sp³-hybridized carbons (Fsp3) is 0.519. The number of carbonyl (C=O) groups is 1. The number of carbonyl (C=O) groups excluding carboxylic acids is 1. The van der Waals surface area contributed by atoms with Crippen LogP contribution in [-0.2, 0) is 17.8 Å². The third-order valence-corrected chi connectivity index (χ3v) is 6.24. The molecule has 2 aromatic carbocycles. The van der Waals surface area contributed by atoms with E-state index in [9.17, 15) is 9.90 Å². The first kappa shape index (κ1) is 24.1. The number of aliphatic hydroxyl groups excluding tert-OH is 1. The molecule has 1 saturated heterocycles. The molecule has 1 unspecified atom stereocenters. The molecule has 174 valence electrons. The van der Waals surface area contributed by atoms with E-state index in [2.05, 4.69) is 49.9 Å². The van der Waals surface area contributed by atoms with Gasteiger partial charge in [-0.3, -0.25) is 0 Å². The maximum absolute atomic E-state index is 12.6. The first-order valence-corrected chi connectivity index (χ1v) is 11.7. The van der Waals surface area contributed by atoms with Crippen molar-refractivity contribution in [1.29, 1.82) is 0 Å². The lowest BCUT2D eigenvalue weighted by Crippen LogP contribution is -2.41. The number of hydrogen-bond donors (Lipinski definition) is 1. The van der Waals surface area contributed by atoms with Gasteiger partial charge in [-0.15, -0.1) is 0 Å². The number of aryl methyl sites for hydroxylation is 1. The third kappa shape index (κ3) is 5.44. The second-order valence-corrected chi connectivity index (χ2v) is 9.64. The molecule has 1 N–H and O–H groups in total. The van der Waals surface area contributed by atoms with E-state index < -0.39 is 5.60 Å². The van der Waals surface area contributed by atoms with Gasteiger partial charge in [0.2, 0.25) is 0 Å². The lowest BCUT2D eigenvalue weighted by Gasteiger charge is -2.33. The molecule has 1 fully saturated rings. The highest BCUT2D eigenvalue weighted by Crippen LogP contribution is 2.34. The normalized spacial score (nSPS) is 16.3. The molecule has 1 atom stereocenters. The van der Waals surface area contributed by atoms with E-state index in [4.69, 9.17) is 4.74 Å². The summed E-state index contributed by atoms with van der Waals surface area (Å²) < 4.78 is 5.60. The summed E-state index contributed by atoms with van der Waals surface area (Å²) >= 11 is 0. The largest absolute Gasteiger partial charge is 0.444 e. The molecule has 1 aliphatic heterocycles. The Bertz CT molecular complexity index is 931. The SMILES string of the molecule is CCc1cc(-c2ccc(CO)cc2)cc(N(CC)C2CCN(C(=O)OC(C)(C)C)C2)c1C. The molecular weight excluding hydrogens is 400 g/mol. The minimum Gasteiger partial charge on any atom is -0.444 e. The Morgan fingerprint density at radius 1 is 1.16 bits per heavy atom. The number of anilines is 1. The Hall–Kier alpha value is -2.53. The maximum Gasteiger partial charge on any atom is 0.410 e. The summed E-state index contributed by atoms with van der Waals surface area (Å²) in [6.45, 7) is 14.6. The van der Waals surface area contributed by atoms with Gasteiger partial charge < -0.3 is 19.6 Å². The average molecular weight is 439 g/mol. The standard InChI is InChI=1S/C27H38N2O3/c1-7-21-15-23(22-11-9-20(18-30)10-12-22)16-25(19(21)3)29(8-2)24-13-14-28(17-24)26(31)32-27(4,5)6/h9-12,15-16,24,30H,7-8,13-14,17-18H2,1-6H3. The van der Waals surface area contributed by atoms with E-state index in [1.165, 1.54) is 22.4 Å². The van der Waals surface area contributed by atoms with Gasteiger partial charge in [0, 0.05) is 31.4 Å². The summed E-state index contributed by atoms with van der Waals surface area (Å²) in [7, 11) is 0. The predicted octanol–water partition coefficient (Wildman–Crippen LogP) is 5.55. The highest BCUT2D eigenvalue weighted by atomic mass is 16.6. The molecule has 0 aromatic heterocycles. The fourth-order valence-electron chi connectivity index (χ4n) is 4.51. The molecule has 1 aliphatic rings. The molecule has 5 heteroatoms. The zero-order valence-electron chi connectivity index (χ0n) is 20.4. The molecule has 32 heavy (non-hydrogen) atoms. The van der Waals surface area contributed by atoms with Crippen LogP contribution < -0.4 is 4.90 Å². The average Bonchev–Trinajstić information content (AvgIpc) is 3.24. The zero-order valence-corrected chi connectivity index (χ0v) is 20.4. The van der Waals surface area contributed by atoms with E-state index in [0.29, 0.717) is 6.54 Å². The first-order chi connectivity index (χ1) is 15.2. The van der Waals surface area contributed by atoms with Crippen LogP contribution in [0.3, 0.4) is 0 Å². The molecule has 0 radical (unpaired) electrons. The number of amides is 1. The minimum atomic E-state index is -0.480. The van der Waals surface area contributed by atoms with Crippen molar-refractivity contribution in [3.8, 4) is 11.1 Å². The van der Waals surface area contributed by atoms with Crippen LogP contribution in [0.25, 0.3) is 11.1 Å². The van der Waals surface area contributed by atoms with Gasteiger partial charge in [0.1, 0.15) is 5.60 Å². The highest BCUT2D eigenvalue weighted by molar-refractivity contribution is 5.73. The van der Waals surface area contributed by atoms with Crippen LogP contribution >= 0.6 is 0 Å². The topological polar surface area (TPSA) is 53.0 Å². The second-order valence-electron chi connectivity index (χ2n) is 9.64. The Labute approximate surface area is 193 Å². The smallest absolute Gasteiger partial charge is 0.410 e. The fourth-order valence-corrected chi connectivity index (χ4v) is 4.51. The molecule has 1 heterocycles. The number of rotatable bonds is 6. The van der Waals surface area contributed by atoms with Gasteiger partial charge in [-0.1, -0.05) is 37.3 Å². The summed E-state index contributed by atoms with van der Waals surface area (Å²) in [4.78, 5) is 16.9. The molecule has 3 rings (SSSR count). The Balaban J connectivity index is 1.89. The van der Waals surface area contributed by atoms with Gasteiger partial charge in [0.25, 0.3) is 0 Å². The number of likely N-dealkylation sites (tertiary alicyclic amines) is 1. The van der Waals surface area contributed by atoms with Crippen LogP contribution in [0, 0.1) is 6.92 Å². The number of benzene rings is 2. The third-order valence-electron chi connectivity index (χ3n) is 6.24. The highest BCUT2D eigenvalue weighted by Gasteiger charge is 2.33. The van der Waals surface area contributed by atoms with Gasteiger partial charge in [-0.05, 0) is 81.3 Å². The van der Waals surface area contributed by atoms with E-state index in [-0.39, 0.29) is 18.7 Å². The molecule has 0 aliphatic carbocycles. The summed E-state index contributed by atoms with van der Waals surface area (Å²) in [6.07, 6.45) is 1.68. The molecule has 5 nitrogen and oxygen atoms in total. The van der Waals surface area contributed by atoms with Crippen molar-refractivity contribution in [1.82, 2.24) is 4.90 Å². The summed E-state index contributed by atoms with van der Waals surface area (Å²) in [5.41, 5.74) is 6.66. The summed E-state index contributed by atoms with van der Waals surface area (Å²) in [6, 6.07) is 12.9. The predicted molar refractivity (Wildman–Crippen MR) is 131 cm³/mol. The van der Waals surface area contributed by atoms with Crippen LogP contribution in [0.5, 0.6) is 0 Å². The van der Waals surface area contributed by atoms with Crippen molar-refractivity contribution in [2.24, 2.45) is 0 Å². The van der Waals surface area contributed by atoms with Crippen LogP contribution in [-0.4, -0.2) is 47.4 Å². The number of nitrogens with zero attached hydrogens (tertiary/aromatic N) is 2. The van der Waals surface area contributed by atoms with Crippen molar-refractivity contribution in [3.63, 3.8) is 0 Å². The van der Waals surface area contributed by atoms with E-state index in [1.54, 1.807) is 0 Å². The Morgan fingerprint density at radius 3 is 2.41 bits per heavy atom. The van der Waals surface area contributed by atoms with Crippen LogP contribution in [0.4, 0.5) is 10.5 Å². The quantitative estimate of drug-likeness (QED) is 0.642. The van der Waals surface area contributed by atoms with Crippen LogP contribution in [0.1, 0.15) is 57.7 Å². The lowest BCUT2D eigenvalue weighted by molar-refractivity contribution is 0.0292. The van der Waals surface area contributed by atoms with E-state index in [0.717, 1.165) is 37.1 Å². The number of hydrogen-bond acceptors (Lipinski definition) is 4. The number of aliphatic hydroxyl groups is 1. The maximum atomic E-state index is 12.6. The summed E-state index contributed by atoms with van der Waals surface area (Å²) in [5, 5.41) is 9.37. The lowest BCUT2D eigenvalue weighted by atomic mass is 9.95. The van der Waals surface area contributed by atoms with Crippen molar-refractivity contribution < 1.29 is 14.6 Å². The second kappa shape index (κ2) is 9.95. The first-order valence-electron chi connectivity index (χ1n) is 11.7. The molecular formula is C27H38N2O3. The number of ether oxygens (including phenoxy) is 1. The van der Waals surface area contributed by atoms with Gasteiger partial charge in [-0.2, -0.15) is 0 Å². The van der Waals surface area contributed by atoms with E-state index in [1.807, 2.05) is 37.8 Å². The molecule has 0 saturated carbocycles. The van der Waals surface area contributed by atoms with E-state index >= 15 is 0 Å². The van der Waals surface area contributed by atoms with Crippen LogP contribution in [0.15, 0.2) is 36.4 Å². The van der Waals surface area contributed by atoms with Gasteiger partial charge in [0.05, 0.1) is 6.61 Å². The molecule has 2 aromatic rings. The minimum absolute atomic E-state index is 0.0546. The monoisotopic (exact) mass is 438 g/mol. The molecule has 0 spiro atoms. The van der Waals surface area contributed by atoms with Gasteiger partial charge >= 0.3 is 6.09 Å². The Kier molecular flexibility index (Phi) is 7.50. The van der Waals surface area contributed by atoms with Crippen molar-refractivity contribution in [2.45, 2.75) is 72.6 Å². The van der Waals surface area contributed by atoms with Gasteiger partial charge in [0.15, 0.2) is 0 Å².